The van der Waals surface area contributed by atoms with Crippen molar-refractivity contribution in [3.63, 3.8) is 0 Å². The molecule has 2 aliphatic rings. The third-order valence-corrected chi connectivity index (χ3v) is 8.77. The monoisotopic (exact) mass is 528 g/mol. The summed E-state index contributed by atoms with van der Waals surface area (Å²) in [5.41, 5.74) is 0.0860. The van der Waals surface area contributed by atoms with Crippen molar-refractivity contribution in [2.45, 2.75) is 26.4 Å². The number of aliphatic hydroxyl groups is 1. The molecule has 2 aromatic rings. The Hall–Kier alpha value is -2.11. The molecule has 12 heteroatoms. The molecular formula is C22H26Cl2N4O5S. The topological polar surface area (TPSA) is 112 Å². The van der Waals surface area contributed by atoms with Gasteiger partial charge < -0.3 is 15.2 Å². The number of amides is 1. The standard InChI is InChI=1S/C22H26Cl2N4O5S/c1-13-8-9-27(10-14(13)2)34(31,32)28-11-15(12-29)33-18-6-7-19(25-21(18)28)26-22(30)20-16(23)4-3-5-17(20)24/h3-7,13-15,29H,8-12H2,1-2H3,(H,25,26,30). The predicted octanol–water partition coefficient (Wildman–Crippen LogP) is 3.42. The number of halogens is 2. The fourth-order valence-electron chi connectivity index (χ4n) is 4.03. The van der Waals surface area contributed by atoms with E-state index in [0.29, 0.717) is 19.0 Å². The second-order valence-electron chi connectivity index (χ2n) is 8.63. The van der Waals surface area contributed by atoms with E-state index in [1.807, 2.05) is 6.92 Å². The molecule has 0 radical (unpaired) electrons. The first kappa shape index (κ1) is 25.0. The van der Waals surface area contributed by atoms with Crippen LogP contribution in [0.25, 0.3) is 0 Å². The van der Waals surface area contributed by atoms with Crippen molar-refractivity contribution in [2.75, 3.05) is 35.9 Å². The highest BCUT2D eigenvalue weighted by molar-refractivity contribution is 7.90. The Kier molecular flexibility index (Phi) is 7.25. The molecule has 0 aliphatic carbocycles. The Morgan fingerprint density at radius 3 is 2.53 bits per heavy atom. The first-order valence-corrected chi connectivity index (χ1v) is 13.1. The normalized spacial score (nSPS) is 23.2. The van der Waals surface area contributed by atoms with Crippen LogP contribution in [0.15, 0.2) is 30.3 Å². The quantitative estimate of drug-likeness (QED) is 0.614. The maximum atomic E-state index is 13.6. The van der Waals surface area contributed by atoms with Crippen LogP contribution < -0.4 is 14.4 Å². The van der Waals surface area contributed by atoms with E-state index in [1.165, 1.54) is 16.4 Å². The van der Waals surface area contributed by atoms with Crippen molar-refractivity contribution in [3.05, 3.63) is 45.9 Å². The zero-order valence-electron chi connectivity index (χ0n) is 18.7. The summed E-state index contributed by atoms with van der Waals surface area (Å²) >= 11 is 12.3. The number of nitrogens with one attached hydrogen (secondary N) is 1. The van der Waals surface area contributed by atoms with Crippen LogP contribution in [0, 0.1) is 11.8 Å². The Morgan fingerprint density at radius 1 is 1.18 bits per heavy atom. The summed E-state index contributed by atoms with van der Waals surface area (Å²) in [7, 11) is -3.95. The van der Waals surface area contributed by atoms with Crippen LogP contribution in [-0.4, -0.2) is 61.1 Å². The second-order valence-corrected chi connectivity index (χ2v) is 11.3. The number of hydrogen-bond acceptors (Lipinski definition) is 6. The number of aliphatic hydroxyl groups excluding tert-OH is 1. The average Bonchev–Trinajstić information content (AvgIpc) is 2.79. The van der Waals surface area contributed by atoms with E-state index < -0.39 is 22.2 Å². The van der Waals surface area contributed by atoms with Crippen LogP contribution in [0.3, 0.4) is 0 Å². The van der Waals surface area contributed by atoms with E-state index in [-0.39, 0.29) is 52.1 Å². The number of carbonyl (C=O) groups excluding carboxylic acids is 1. The van der Waals surface area contributed by atoms with Gasteiger partial charge in [-0.25, -0.2) is 9.29 Å². The molecule has 1 fully saturated rings. The van der Waals surface area contributed by atoms with Gasteiger partial charge >= 0.3 is 10.2 Å². The maximum Gasteiger partial charge on any atom is 0.305 e. The van der Waals surface area contributed by atoms with Crippen LogP contribution in [0.5, 0.6) is 5.75 Å². The molecular weight excluding hydrogens is 503 g/mol. The zero-order chi connectivity index (χ0) is 24.6. The van der Waals surface area contributed by atoms with E-state index in [4.69, 9.17) is 27.9 Å². The van der Waals surface area contributed by atoms with E-state index >= 15 is 0 Å². The Balaban J connectivity index is 1.66. The molecule has 34 heavy (non-hydrogen) atoms. The van der Waals surface area contributed by atoms with Crippen LogP contribution in [0.1, 0.15) is 30.6 Å². The van der Waals surface area contributed by atoms with Gasteiger partial charge in [0, 0.05) is 13.1 Å². The number of hydrogen-bond donors (Lipinski definition) is 2. The summed E-state index contributed by atoms with van der Waals surface area (Å²) in [6.07, 6.45) is 0.0101. The Labute approximate surface area is 208 Å². The number of aromatic nitrogens is 1. The predicted molar refractivity (Wildman–Crippen MR) is 131 cm³/mol. The smallest absolute Gasteiger partial charge is 0.305 e. The number of rotatable bonds is 5. The molecule has 1 aromatic heterocycles. The minimum absolute atomic E-state index is 0.0408. The fraction of sp³-hybridized carbons (Fsp3) is 0.455. The van der Waals surface area contributed by atoms with Gasteiger partial charge in [-0.3, -0.25) is 4.79 Å². The summed E-state index contributed by atoms with van der Waals surface area (Å²) in [4.78, 5) is 17.2. The number of anilines is 2. The Bertz CT molecular complexity index is 1180. The molecule has 2 aliphatic heterocycles. The summed E-state index contributed by atoms with van der Waals surface area (Å²) < 4.78 is 35.5. The lowest BCUT2D eigenvalue weighted by molar-refractivity contribution is 0.102. The molecule has 0 saturated carbocycles. The van der Waals surface area contributed by atoms with Crippen LogP contribution >= 0.6 is 23.2 Å². The van der Waals surface area contributed by atoms with E-state index in [9.17, 15) is 18.3 Å². The second kappa shape index (κ2) is 9.87. The number of nitrogens with zero attached hydrogens (tertiary/aromatic N) is 3. The highest BCUT2D eigenvalue weighted by Gasteiger charge is 2.40. The number of ether oxygens (including phenoxy) is 1. The van der Waals surface area contributed by atoms with E-state index in [1.54, 1.807) is 18.2 Å². The molecule has 4 rings (SSSR count). The lowest BCUT2D eigenvalue weighted by atomic mass is 9.90. The molecule has 0 bridgehead atoms. The largest absolute Gasteiger partial charge is 0.482 e. The molecule has 2 N–H and O–H groups in total. The molecule has 9 nitrogen and oxygen atoms in total. The zero-order valence-corrected chi connectivity index (χ0v) is 21.1. The molecule has 1 aromatic carbocycles. The number of fused-ring (bicyclic) bond motifs is 1. The third kappa shape index (κ3) is 4.83. The highest BCUT2D eigenvalue weighted by atomic mass is 35.5. The summed E-state index contributed by atoms with van der Waals surface area (Å²) in [5, 5.41) is 12.6. The molecule has 184 valence electrons. The SMILES string of the molecule is CC1CCN(S(=O)(=O)N2CC(CO)Oc3ccc(NC(=O)c4c(Cl)cccc4Cl)nc32)CC1C. The van der Waals surface area contributed by atoms with E-state index in [0.717, 1.165) is 10.7 Å². The minimum atomic E-state index is -3.95. The average molecular weight is 529 g/mol. The van der Waals surface area contributed by atoms with Crippen molar-refractivity contribution in [2.24, 2.45) is 11.8 Å². The van der Waals surface area contributed by atoms with Crippen LogP contribution in [0.4, 0.5) is 11.6 Å². The Morgan fingerprint density at radius 2 is 1.88 bits per heavy atom. The van der Waals surface area contributed by atoms with E-state index in [2.05, 4.69) is 17.2 Å². The van der Waals surface area contributed by atoms with Crippen molar-refractivity contribution in [1.29, 1.82) is 0 Å². The molecule has 0 spiro atoms. The van der Waals surface area contributed by atoms with Gasteiger partial charge in [0.2, 0.25) is 0 Å². The number of piperidine rings is 1. The van der Waals surface area contributed by atoms with Gasteiger partial charge in [0.25, 0.3) is 5.91 Å². The summed E-state index contributed by atoms with van der Waals surface area (Å²) in [6, 6.07) is 7.70. The van der Waals surface area contributed by atoms with Crippen LogP contribution in [-0.2, 0) is 10.2 Å². The van der Waals surface area contributed by atoms with Gasteiger partial charge in [0.05, 0.1) is 28.8 Å². The van der Waals surface area contributed by atoms with Gasteiger partial charge in [0.1, 0.15) is 11.9 Å². The third-order valence-electron chi connectivity index (χ3n) is 6.28. The van der Waals surface area contributed by atoms with Gasteiger partial charge in [-0.05, 0) is 42.5 Å². The lowest BCUT2D eigenvalue weighted by Gasteiger charge is -2.40. The van der Waals surface area contributed by atoms with Gasteiger partial charge in [0.15, 0.2) is 11.6 Å². The van der Waals surface area contributed by atoms with Crippen molar-refractivity contribution in [3.8, 4) is 5.75 Å². The van der Waals surface area contributed by atoms with Crippen molar-refractivity contribution < 1.29 is 23.1 Å². The minimum Gasteiger partial charge on any atom is -0.482 e. The van der Waals surface area contributed by atoms with Crippen LogP contribution in [0.2, 0.25) is 10.0 Å². The number of pyridine rings is 1. The van der Waals surface area contributed by atoms with Crippen molar-refractivity contribution >= 4 is 51.0 Å². The highest BCUT2D eigenvalue weighted by Crippen LogP contribution is 2.37. The molecule has 1 amide bonds. The lowest BCUT2D eigenvalue weighted by Crippen LogP contribution is -2.54. The van der Waals surface area contributed by atoms with Gasteiger partial charge in [-0.2, -0.15) is 12.7 Å². The first-order valence-electron chi connectivity index (χ1n) is 10.9. The summed E-state index contributed by atoms with van der Waals surface area (Å²) in [5.74, 6) is 0.384. The number of benzene rings is 1. The van der Waals surface area contributed by atoms with Gasteiger partial charge in [-0.1, -0.05) is 43.1 Å². The maximum absolute atomic E-state index is 13.6. The summed E-state index contributed by atoms with van der Waals surface area (Å²) in [6.45, 7) is 4.46. The number of carbonyl (C=O) groups is 1. The molecule has 3 atom stereocenters. The molecule has 1 saturated heterocycles. The first-order chi connectivity index (χ1) is 16.1. The van der Waals surface area contributed by atoms with Crippen molar-refractivity contribution in [1.82, 2.24) is 9.29 Å². The molecule has 3 heterocycles. The fourth-order valence-corrected chi connectivity index (χ4v) is 6.34. The molecule has 3 unspecified atom stereocenters. The van der Waals surface area contributed by atoms with Gasteiger partial charge in [-0.15, -0.1) is 0 Å².